The highest BCUT2D eigenvalue weighted by molar-refractivity contribution is 5.70. The average Bonchev–Trinajstić information content (AvgIpc) is 2.55. The molecule has 0 aliphatic carbocycles. The minimum absolute atomic E-state index is 0.252. The Morgan fingerprint density at radius 3 is 2.59 bits per heavy atom. The first-order valence-corrected chi connectivity index (χ1v) is 6.00. The zero-order chi connectivity index (χ0) is 13.1. The van der Waals surface area contributed by atoms with E-state index in [0.29, 0.717) is 0 Å². The molecule has 1 heterocycles. The lowest BCUT2D eigenvalue weighted by molar-refractivity contribution is 0.0167. The molecular weight excluding hydrogens is 218 g/mol. The van der Waals surface area contributed by atoms with Crippen LogP contribution in [0.5, 0.6) is 0 Å². The van der Waals surface area contributed by atoms with Gasteiger partial charge in [0.2, 0.25) is 0 Å². The highest BCUT2D eigenvalue weighted by Crippen LogP contribution is 2.31. The van der Waals surface area contributed by atoms with E-state index in [1.54, 1.807) is 18.3 Å². The molecule has 4 nitrogen and oxygen atoms in total. The number of hydrogen-bond acceptors (Lipinski definition) is 3. The molecule has 1 rings (SSSR count). The molecule has 1 aliphatic rings. The van der Waals surface area contributed by atoms with Crippen molar-refractivity contribution < 1.29 is 14.3 Å². The Bertz CT molecular complexity index is 306. The maximum atomic E-state index is 12.1. The first-order chi connectivity index (χ1) is 7.78. The third kappa shape index (κ3) is 3.65. The van der Waals surface area contributed by atoms with Crippen LogP contribution in [0.1, 0.15) is 40.5 Å². The summed E-state index contributed by atoms with van der Waals surface area (Å²) in [7, 11) is 1.60. The topological polar surface area (TPSA) is 38.8 Å². The fraction of sp³-hybridized carbons (Fsp3) is 0.769. The maximum absolute atomic E-state index is 12.1. The predicted octanol–water partition coefficient (Wildman–Crippen LogP) is 2.94. The number of hydrogen-bond donors (Lipinski definition) is 0. The lowest BCUT2D eigenvalue weighted by Crippen LogP contribution is -2.46. The number of rotatable bonds is 2. The molecule has 1 saturated heterocycles. The molecule has 0 N–H and O–H groups in total. The van der Waals surface area contributed by atoms with E-state index in [1.807, 2.05) is 33.8 Å². The standard InChI is InChI=1S/C13H23NO3/c1-12(2,3)17-11(15)14-9-6-7-13(14,4)8-10-16-5/h8,10H,6-7,9H2,1-5H3/b10-8+. The van der Waals surface area contributed by atoms with Crippen LogP contribution in [0.3, 0.4) is 0 Å². The summed E-state index contributed by atoms with van der Waals surface area (Å²) in [4.78, 5) is 13.8. The lowest BCUT2D eigenvalue weighted by Gasteiger charge is -2.34. The fourth-order valence-electron chi connectivity index (χ4n) is 1.99. The Morgan fingerprint density at radius 1 is 1.41 bits per heavy atom. The number of carbonyl (C=O) groups excluding carboxylic acids is 1. The monoisotopic (exact) mass is 241 g/mol. The summed E-state index contributed by atoms with van der Waals surface area (Å²) in [5.74, 6) is 0. The highest BCUT2D eigenvalue weighted by Gasteiger charge is 2.39. The molecular formula is C13H23NO3. The van der Waals surface area contributed by atoms with Crippen LogP contribution in [0.4, 0.5) is 4.79 Å². The third-order valence-electron chi connectivity index (χ3n) is 2.86. The van der Waals surface area contributed by atoms with Crippen LogP contribution in [-0.2, 0) is 9.47 Å². The number of ether oxygens (including phenoxy) is 2. The summed E-state index contributed by atoms with van der Waals surface area (Å²) >= 11 is 0. The Kier molecular flexibility index (Phi) is 4.07. The van der Waals surface area contributed by atoms with Gasteiger partial charge in [-0.05, 0) is 46.6 Å². The van der Waals surface area contributed by atoms with Crippen molar-refractivity contribution in [2.45, 2.75) is 51.7 Å². The van der Waals surface area contributed by atoms with Crippen molar-refractivity contribution in [3.63, 3.8) is 0 Å². The van der Waals surface area contributed by atoms with Gasteiger partial charge in [0.05, 0.1) is 18.9 Å². The van der Waals surface area contributed by atoms with E-state index in [0.717, 1.165) is 19.4 Å². The first-order valence-electron chi connectivity index (χ1n) is 6.00. The van der Waals surface area contributed by atoms with Gasteiger partial charge < -0.3 is 9.47 Å². The van der Waals surface area contributed by atoms with Gasteiger partial charge in [0.25, 0.3) is 0 Å². The van der Waals surface area contributed by atoms with Gasteiger partial charge in [-0.15, -0.1) is 0 Å². The third-order valence-corrected chi connectivity index (χ3v) is 2.86. The molecule has 0 saturated carbocycles. The van der Waals surface area contributed by atoms with Crippen molar-refractivity contribution in [3.8, 4) is 0 Å². The first kappa shape index (κ1) is 13.9. The van der Waals surface area contributed by atoms with Crippen molar-refractivity contribution in [2.24, 2.45) is 0 Å². The van der Waals surface area contributed by atoms with Crippen molar-refractivity contribution in [1.82, 2.24) is 4.90 Å². The molecule has 0 aromatic carbocycles. The molecule has 98 valence electrons. The van der Waals surface area contributed by atoms with Gasteiger partial charge in [-0.25, -0.2) is 4.79 Å². The van der Waals surface area contributed by atoms with Crippen molar-refractivity contribution >= 4 is 6.09 Å². The lowest BCUT2D eigenvalue weighted by atomic mass is 9.99. The fourth-order valence-corrected chi connectivity index (χ4v) is 1.99. The Labute approximate surface area is 104 Å². The van der Waals surface area contributed by atoms with Crippen molar-refractivity contribution in [1.29, 1.82) is 0 Å². The summed E-state index contributed by atoms with van der Waals surface area (Å²) < 4.78 is 10.3. The molecule has 0 radical (unpaired) electrons. The minimum atomic E-state index is -0.453. The molecule has 1 atom stereocenters. The number of nitrogens with zero attached hydrogens (tertiary/aromatic N) is 1. The van der Waals surface area contributed by atoms with Crippen molar-refractivity contribution in [3.05, 3.63) is 12.3 Å². The summed E-state index contributed by atoms with van der Waals surface area (Å²) in [5, 5.41) is 0. The Balaban J connectivity index is 2.75. The molecule has 1 fully saturated rings. The van der Waals surface area contributed by atoms with E-state index in [-0.39, 0.29) is 11.6 Å². The summed E-state index contributed by atoms with van der Waals surface area (Å²) in [5.41, 5.74) is -0.746. The summed E-state index contributed by atoms with van der Waals surface area (Å²) in [6.07, 6.45) is 5.22. The van der Waals surface area contributed by atoms with Crippen LogP contribution < -0.4 is 0 Å². The number of likely N-dealkylation sites (tertiary alicyclic amines) is 1. The van der Waals surface area contributed by atoms with Gasteiger partial charge in [0.15, 0.2) is 0 Å². The second-order valence-corrected chi connectivity index (χ2v) is 5.63. The summed E-state index contributed by atoms with van der Waals surface area (Å²) in [6, 6.07) is 0. The Hall–Kier alpha value is -1.19. The van der Waals surface area contributed by atoms with Crippen LogP contribution in [-0.4, -0.2) is 35.8 Å². The van der Waals surface area contributed by atoms with Crippen LogP contribution in [0.25, 0.3) is 0 Å². The second-order valence-electron chi connectivity index (χ2n) is 5.63. The van der Waals surface area contributed by atoms with Gasteiger partial charge in [-0.2, -0.15) is 0 Å². The average molecular weight is 241 g/mol. The molecule has 1 amide bonds. The van der Waals surface area contributed by atoms with Gasteiger partial charge in [0, 0.05) is 6.54 Å². The molecule has 4 heteroatoms. The van der Waals surface area contributed by atoms with Crippen LogP contribution in [0.2, 0.25) is 0 Å². The number of carbonyl (C=O) groups is 1. The predicted molar refractivity (Wildman–Crippen MR) is 66.7 cm³/mol. The van der Waals surface area contributed by atoms with Crippen molar-refractivity contribution in [2.75, 3.05) is 13.7 Å². The quantitative estimate of drug-likeness (QED) is 0.698. The van der Waals surface area contributed by atoms with E-state index in [2.05, 4.69) is 0 Å². The largest absolute Gasteiger partial charge is 0.505 e. The zero-order valence-electron chi connectivity index (χ0n) is 11.4. The van der Waals surface area contributed by atoms with Gasteiger partial charge in [0.1, 0.15) is 5.60 Å². The van der Waals surface area contributed by atoms with Crippen LogP contribution >= 0.6 is 0 Å². The molecule has 0 spiro atoms. The van der Waals surface area contributed by atoms with Crippen LogP contribution in [0, 0.1) is 0 Å². The van der Waals surface area contributed by atoms with E-state index < -0.39 is 5.60 Å². The zero-order valence-corrected chi connectivity index (χ0v) is 11.4. The smallest absolute Gasteiger partial charge is 0.410 e. The van der Waals surface area contributed by atoms with E-state index >= 15 is 0 Å². The highest BCUT2D eigenvalue weighted by atomic mass is 16.6. The summed E-state index contributed by atoms with van der Waals surface area (Å²) in [6.45, 7) is 8.40. The van der Waals surface area contributed by atoms with Gasteiger partial charge in [-0.3, -0.25) is 4.90 Å². The molecule has 17 heavy (non-hydrogen) atoms. The van der Waals surface area contributed by atoms with E-state index in [4.69, 9.17) is 9.47 Å². The Morgan fingerprint density at radius 2 is 2.06 bits per heavy atom. The molecule has 1 unspecified atom stereocenters. The van der Waals surface area contributed by atoms with E-state index in [9.17, 15) is 4.79 Å². The molecule has 0 aromatic heterocycles. The normalized spacial score (nSPS) is 25.4. The molecule has 0 aromatic rings. The SMILES string of the molecule is CO/C=C/C1(C)CCCN1C(=O)OC(C)(C)C. The van der Waals surface area contributed by atoms with Crippen LogP contribution in [0.15, 0.2) is 12.3 Å². The molecule has 0 bridgehead atoms. The second kappa shape index (κ2) is 4.98. The number of methoxy groups -OCH3 is 1. The number of amides is 1. The molecule has 1 aliphatic heterocycles. The van der Waals surface area contributed by atoms with E-state index in [1.165, 1.54) is 0 Å². The minimum Gasteiger partial charge on any atom is -0.505 e. The van der Waals surface area contributed by atoms with Gasteiger partial charge >= 0.3 is 6.09 Å². The van der Waals surface area contributed by atoms with Gasteiger partial charge in [-0.1, -0.05) is 0 Å². The maximum Gasteiger partial charge on any atom is 0.410 e.